The fourth-order valence-electron chi connectivity index (χ4n) is 0.763. The number of carbonyl (C=O) groups excluding carboxylic acids is 1. The van der Waals surface area contributed by atoms with Gasteiger partial charge in [0.25, 0.3) is 0 Å². The lowest BCUT2D eigenvalue weighted by Crippen LogP contribution is -2.39. The van der Waals surface area contributed by atoms with Crippen molar-refractivity contribution in [3.63, 3.8) is 0 Å². The van der Waals surface area contributed by atoms with Gasteiger partial charge in [-0.2, -0.15) is 0 Å². The molecule has 0 saturated heterocycles. The lowest BCUT2D eigenvalue weighted by atomic mass is 9.87. The first-order chi connectivity index (χ1) is 5.82. The summed E-state index contributed by atoms with van der Waals surface area (Å²) in [6, 6.07) is 0. The van der Waals surface area contributed by atoms with E-state index >= 15 is 0 Å². The Labute approximate surface area is 77.2 Å². The molecule has 1 unspecified atom stereocenters. The van der Waals surface area contributed by atoms with Gasteiger partial charge in [-0.3, -0.25) is 14.9 Å². The van der Waals surface area contributed by atoms with E-state index in [-0.39, 0.29) is 17.3 Å². The van der Waals surface area contributed by atoms with Crippen molar-refractivity contribution in [3.8, 4) is 0 Å². The molecule has 5 heteroatoms. The van der Waals surface area contributed by atoms with Crippen molar-refractivity contribution < 1.29 is 14.5 Å². The molecule has 13 heavy (non-hydrogen) atoms. The molecule has 0 heterocycles. The number of hydrogen-bond acceptors (Lipinski definition) is 4. The van der Waals surface area contributed by atoms with Crippen molar-refractivity contribution in [1.82, 2.24) is 0 Å². The number of carbonyl (C=O) groups is 1. The van der Waals surface area contributed by atoms with Gasteiger partial charge in [0.15, 0.2) is 0 Å². The van der Waals surface area contributed by atoms with E-state index in [0.717, 1.165) is 0 Å². The molecule has 0 spiro atoms. The molecule has 0 amide bonds. The highest BCUT2D eigenvalue weighted by atomic mass is 16.6. The quantitative estimate of drug-likeness (QED) is 0.379. The fourth-order valence-corrected chi connectivity index (χ4v) is 0.763. The molecule has 0 aromatic rings. The topological polar surface area (TPSA) is 69.4 Å². The Hall–Kier alpha value is -1.13. The van der Waals surface area contributed by atoms with Gasteiger partial charge in [0.05, 0.1) is 13.5 Å². The average Bonchev–Trinajstić information content (AvgIpc) is 2.03. The SMILES string of the molecule is COC(=O)CC(C)C(C)(C)[N+](=O)[O-]. The molecule has 0 aliphatic heterocycles. The van der Waals surface area contributed by atoms with Crippen molar-refractivity contribution in [1.29, 1.82) is 0 Å². The zero-order valence-electron chi connectivity index (χ0n) is 8.36. The standard InChI is InChI=1S/C8H15NO4/c1-6(5-7(10)13-4)8(2,3)9(11)12/h6H,5H2,1-4H3. The summed E-state index contributed by atoms with van der Waals surface area (Å²) in [4.78, 5) is 21.1. The van der Waals surface area contributed by atoms with Crippen LogP contribution < -0.4 is 0 Å². The van der Waals surface area contributed by atoms with Crippen molar-refractivity contribution in [2.24, 2.45) is 5.92 Å². The lowest BCUT2D eigenvalue weighted by molar-refractivity contribution is -0.570. The Morgan fingerprint density at radius 2 is 2.08 bits per heavy atom. The molecular weight excluding hydrogens is 174 g/mol. The molecule has 0 fully saturated rings. The van der Waals surface area contributed by atoms with Gasteiger partial charge in [0, 0.05) is 24.7 Å². The zero-order chi connectivity index (χ0) is 10.6. The number of methoxy groups -OCH3 is 1. The minimum atomic E-state index is -1.09. The van der Waals surface area contributed by atoms with Crippen LogP contribution >= 0.6 is 0 Å². The van der Waals surface area contributed by atoms with E-state index in [4.69, 9.17) is 0 Å². The van der Waals surface area contributed by atoms with Crippen molar-refractivity contribution in [2.75, 3.05) is 7.11 Å². The lowest BCUT2D eigenvalue weighted by Gasteiger charge is -2.21. The first-order valence-electron chi connectivity index (χ1n) is 4.03. The van der Waals surface area contributed by atoms with Gasteiger partial charge in [0.1, 0.15) is 0 Å². The van der Waals surface area contributed by atoms with E-state index in [0.29, 0.717) is 0 Å². The second-order valence-electron chi connectivity index (χ2n) is 3.59. The van der Waals surface area contributed by atoms with Crippen LogP contribution in [0.2, 0.25) is 0 Å². The smallest absolute Gasteiger partial charge is 0.306 e. The third kappa shape index (κ3) is 3.01. The summed E-state index contributed by atoms with van der Waals surface area (Å²) >= 11 is 0. The van der Waals surface area contributed by atoms with Crippen LogP contribution in [0.3, 0.4) is 0 Å². The van der Waals surface area contributed by atoms with Crippen molar-refractivity contribution in [2.45, 2.75) is 32.7 Å². The number of nitrogens with zero attached hydrogens (tertiary/aromatic N) is 1. The van der Waals surface area contributed by atoms with E-state index in [9.17, 15) is 14.9 Å². The van der Waals surface area contributed by atoms with Crippen LogP contribution in [0.4, 0.5) is 0 Å². The average molecular weight is 189 g/mol. The second kappa shape index (κ2) is 4.20. The Bertz CT molecular complexity index is 212. The molecular formula is C8H15NO4. The molecule has 0 aromatic carbocycles. The Balaban J connectivity index is 4.33. The van der Waals surface area contributed by atoms with Crippen LogP contribution in [0.1, 0.15) is 27.2 Å². The Morgan fingerprint density at radius 1 is 1.62 bits per heavy atom. The summed E-state index contributed by atoms with van der Waals surface area (Å²) in [5.74, 6) is -0.752. The summed E-state index contributed by atoms with van der Waals surface area (Å²) < 4.78 is 4.43. The Morgan fingerprint density at radius 3 is 2.38 bits per heavy atom. The highest BCUT2D eigenvalue weighted by Gasteiger charge is 2.38. The first kappa shape index (κ1) is 11.9. The van der Waals surface area contributed by atoms with E-state index in [1.807, 2.05) is 0 Å². The summed E-state index contributed by atoms with van der Waals surface area (Å²) in [6.45, 7) is 4.67. The van der Waals surface area contributed by atoms with Gasteiger partial charge in [-0.15, -0.1) is 0 Å². The van der Waals surface area contributed by atoms with Gasteiger partial charge in [-0.25, -0.2) is 0 Å². The maximum Gasteiger partial charge on any atom is 0.306 e. The molecule has 0 N–H and O–H groups in total. The number of hydrogen-bond donors (Lipinski definition) is 0. The maximum atomic E-state index is 10.8. The predicted molar refractivity (Wildman–Crippen MR) is 46.9 cm³/mol. The van der Waals surface area contributed by atoms with Crippen LogP contribution in [0.5, 0.6) is 0 Å². The molecule has 0 aliphatic carbocycles. The van der Waals surface area contributed by atoms with E-state index in [1.54, 1.807) is 6.92 Å². The van der Waals surface area contributed by atoms with Gasteiger partial charge in [-0.1, -0.05) is 6.92 Å². The summed E-state index contributed by atoms with van der Waals surface area (Å²) in [5, 5.41) is 10.6. The van der Waals surface area contributed by atoms with Gasteiger partial charge >= 0.3 is 5.97 Å². The second-order valence-corrected chi connectivity index (χ2v) is 3.59. The third-order valence-electron chi connectivity index (χ3n) is 2.38. The predicted octanol–water partition coefficient (Wildman–Crippen LogP) is 1.24. The highest BCUT2D eigenvalue weighted by molar-refractivity contribution is 5.69. The molecule has 76 valence electrons. The van der Waals surface area contributed by atoms with E-state index < -0.39 is 11.5 Å². The van der Waals surface area contributed by atoms with Crippen LogP contribution in [-0.2, 0) is 9.53 Å². The van der Waals surface area contributed by atoms with Crippen LogP contribution in [0.15, 0.2) is 0 Å². The summed E-state index contributed by atoms with van der Waals surface area (Å²) in [7, 11) is 1.27. The van der Waals surface area contributed by atoms with Crippen LogP contribution in [0.25, 0.3) is 0 Å². The highest BCUT2D eigenvalue weighted by Crippen LogP contribution is 2.23. The number of ether oxygens (including phenoxy) is 1. The molecule has 0 rings (SSSR count). The summed E-state index contributed by atoms with van der Waals surface area (Å²) in [6.07, 6.45) is 0.0739. The van der Waals surface area contributed by atoms with Gasteiger partial charge in [0.2, 0.25) is 5.54 Å². The third-order valence-corrected chi connectivity index (χ3v) is 2.38. The largest absolute Gasteiger partial charge is 0.469 e. The summed E-state index contributed by atoms with van der Waals surface area (Å²) in [5.41, 5.74) is -1.09. The Kier molecular flexibility index (Phi) is 3.84. The molecule has 0 radical (unpaired) electrons. The number of nitro groups is 1. The molecule has 5 nitrogen and oxygen atoms in total. The van der Waals surface area contributed by atoms with Crippen molar-refractivity contribution in [3.05, 3.63) is 10.1 Å². The van der Waals surface area contributed by atoms with Crippen molar-refractivity contribution >= 4 is 5.97 Å². The molecule has 1 atom stereocenters. The number of rotatable bonds is 4. The number of esters is 1. The monoisotopic (exact) mass is 189 g/mol. The molecule has 0 saturated carbocycles. The normalized spacial score (nSPS) is 13.5. The maximum absolute atomic E-state index is 10.8. The van der Waals surface area contributed by atoms with E-state index in [2.05, 4.69) is 4.74 Å². The first-order valence-corrected chi connectivity index (χ1v) is 4.03. The molecule has 0 aliphatic rings. The minimum absolute atomic E-state index is 0.0739. The van der Waals surface area contributed by atoms with Gasteiger partial charge in [-0.05, 0) is 0 Å². The molecule has 0 bridgehead atoms. The minimum Gasteiger partial charge on any atom is -0.469 e. The molecule has 0 aromatic heterocycles. The fraction of sp³-hybridized carbons (Fsp3) is 0.875. The van der Waals surface area contributed by atoms with Crippen LogP contribution in [-0.4, -0.2) is 23.5 Å². The zero-order valence-corrected chi connectivity index (χ0v) is 8.36. The van der Waals surface area contributed by atoms with Gasteiger partial charge < -0.3 is 4.74 Å². The van der Waals surface area contributed by atoms with Crippen LogP contribution in [0, 0.1) is 16.0 Å². The van der Waals surface area contributed by atoms with E-state index in [1.165, 1.54) is 21.0 Å².